The van der Waals surface area contributed by atoms with E-state index in [1.165, 1.54) is 5.56 Å². The second kappa shape index (κ2) is 8.92. The van der Waals surface area contributed by atoms with Gasteiger partial charge in [0.1, 0.15) is 5.75 Å². The van der Waals surface area contributed by atoms with Crippen LogP contribution < -0.4 is 10.1 Å². The molecule has 1 aliphatic rings. The minimum atomic E-state index is -0.363. The van der Waals surface area contributed by atoms with Gasteiger partial charge in [0.2, 0.25) is 0 Å². The van der Waals surface area contributed by atoms with Gasteiger partial charge in [-0.15, -0.1) is 11.8 Å². The molecule has 0 atom stereocenters. The molecule has 4 nitrogen and oxygen atoms in total. The third kappa shape index (κ3) is 5.51. The van der Waals surface area contributed by atoms with Gasteiger partial charge in [-0.2, -0.15) is 0 Å². The molecule has 5 heteroatoms. The van der Waals surface area contributed by atoms with Crippen LogP contribution in [-0.2, 0) is 6.54 Å². The summed E-state index contributed by atoms with van der Waals surface area (Å²) in [5.41, 5.74) is 1.34. The summed E-state index contributed by atoms with van der Waals surface area (Å²) < 4.78 is 5.37. The molecule has 1 amide bonds. The second-order valence-corrected chi connectivity index (χ2v) is 7.13. The number of nitrogens with zero attached hydrogens (tertiary/aromatic N) is 1. The number of carbonyl (C=O) groups excluding carboxylic acids is 1. The Labute approximate surface area is 153 Å². The number of hydrogen-bond donors (Lipinski definition) is 1. The molecule has 0 radical (unpaired) electrons. The number of carbonyl (C=O) groups is 1. The Kier molecular flexibility index (Phi) is 6.36. The number of hydrogen-bond acceptors (Lipinski definition) is 4. The summed E-state index contributed by atoms with van der Waals surface area (Å²) in [4.78, 5) is 15.6. The van der Waals surface area contributed by atoms with Crippen molar-refractivity contribution in [1.82, 2.24) is 10.2 Å². The summed E-state index contributed by atoms with van der Waals surface area (Å²) in [7, 11) is 0. The van der Waals surface area contributed by atoms with Crippen molar-refractivity contribution in [3.63, 3.8) is 0 Å². The van der Waals surface area contributed by atoms with Crippen LogP contribution in [0.25, 0.3) is 0 Å². The van der Waals surface area contributed by atoms with Gasteiger partial charge >= 0.3 is 6.09 Å². The fourth-order valence-electron chi connectivity index (χ4n) is 3.02. The lowest BCUT2D eigenvalue weighted by atomic mass is 10.0. The number of amides is 1. The number of thioether (sulfide) groups is 1. The van der Waals surface area contributed by atoms with Crippen LogP contribution >= 0.6 is 11.8 Å². The Morgan fingerprint density at radius 2 is 1.80 bits per heavy atom. The highest BCUT2D eigenvalue weighted by Crippen LogP contribution is 2.19. The highest BCUT2D eigenvalue weighted by atomic mass is 32.2. The maximum absolute atomic E-state index is 12.1. The van der Waals surface area contributed by atoms with E-state index in [2.05, 4.69) is 34.5 Å². The van der Waals surface area contributed by atoms with E-state index in [0.717, 1.165) is 37.4 Å². The van der Waals surface area contributed by atoms with Crippen molar-refractivity contribution in [2.24, 2.45) is 0 Å². The van der Waals surface area contributed by atoms with E-state index >= 15 is 0 Å². The van der Waals surface area contributed by atoms with Gasteiger partial charge in [0.05, 0.1) is 0 Å². The van der Waals surface area contributed by atoms with E-state index in [0.29, 0.717) is 5.75 Å². The summed E-state index contributed by atoms with van der Waals surface area (Å²) in [5, 5.41) is 2.99. The molecular formula is C20H24N2O2S. The Morgan fingerprint density at radius 3 is 2.44 bits per heavy atom. The minimum Gasteiger partial charge on any atom is -0.410 e. The van der Waals surface area contributed by atoms with Crippen molar-refractivity contribution < 1.29 is 9.53 Å². The van der Waals surface area contributed by atoms with Crippen LogP contribution in [0.15, 0.2) is 59.5 Å². The molecule has 0 saturated carbocycles. The van der Waals surface area contributed by atoms with Gasteiger partial charge in [0.25, 0.3) is 0 Å². The minimum absolute atomic E-state index is 0.185. The van der Waals surface area contributed by atoms with Crippen molar-refractivity contribution in [2.45, 2.75) is 30.3 Å². The predicted molar refractivity (Wildman–Crippen MR) is 102 cm³/mol. The van der Waals surface area contributed by atoms with Gasteiger partial charge in [0.15, 0.2) is 0 Å². The molecule has 1 N–H and O–H groups in total. The van der Waals surface area contributed by atoms with Gasteiger partial charge in [0, 0.05) is 30.6 Å². The van der Waals surface area contributed by atoms with Crippen LogP contribution in [0.5, 0.6) is 5.75 Å². The maximum Gasteiger partial charge on any atom is 0.412 e. The molecule has 0 aliphatic carbocycles. The Bertz CT molecular complexity index is 668. The quantitative estimate of drug-likeness (QED) is 0.817. The topological polar surface area (TPSA) is 41.6 Å². The Morgan fingerprint density at radius 1 is 1.12 bits per heavy atom. The molecule has 1 heterocycles. The lowest BCUT2D eigenvalue weighted by Crippen LogP contribution is -2.45. The monoisotopic (exact) mass is 356 g/mol. The standard InChI is InChI=1S/C20H24N2O2S/c1-25-19-9-7-18(8-10-19)24-20(23)21-17-11-13-22(14-12-17)15-16-5-3-2-4-6-16/h2-10,17H,11-15H2,1H3,(H,21,23). The van der Waals surface area contributed by atoms with E-state index in [1.807, 2.05) is 36.6 Å². The van der Waals surface area contributed by atoms with Crippen molar-refractivity contribution >= 4 is 17.9 Å². The van der Waals surface area contributed by atoms with E-state index < -0.39 is 0 Å². The molecule has 25 heavy (non-hydrogen) atoms. The SMILES string of the molecule is CSc1ccc(OC(=O)NC2CCN(Cc3ccccc3)CC2)cc1. The number of ether oxygens (including phenoxy) is 1. The summed E-state index contributed by atoms with van der Waals surface area (Å²) in [5.74, 6) is 0.580. The van der Waals surface area contributed by atoms with E-state index in [1.54, 1.807) is 11.8 Å². The number of likely N-dealkylation sites (tertiary alicyclic amines) is 1. The summed E-state index contributed by atoms with van der Waals surface area (Å²) in [6.45, 7) is 2.95. The van der Waals surface area contributed by atoms with Crippen molar-refractivity contribution in [3.8, 4) is 5.75 Å². The van der Waals surface area contributed by atoms with E-state index in [-0.39, 0.29) is 12.1 Å². The molecular weight excluding hydrogens is 332 g/mol. The van der Waals surface area contributed by atoms with Gasteiger partial charge in [-0.05, 0) is 48.9 Å². The molecule has 1 fully saturated rings. The zero-order valence-electron chi connectivity index (χ0n) is 14.5. The maximum atomic E-state index is 12.1. The van der Waals surface area contributed by atoms with Crippen molar-refractivity contribution in [3.05, 3.63) is 60.2 Å². The second-order valence-electron chi connectivity index (χ2n) is 6.25. The molecule has 0 unspecified atom stereocenters. The third-order valence-electron chi connectivity index (χ3n) is 4.43. The highest BCUT2D eigenvalue weighted by Gasteiger charge is 2.21. The zero-order valence-corrected chi connectivity index (χ0v) is 15.3. The van der Waals surface area contributed by atoms with Crippen LogP contribution in [0.4, 0.5) is 4.79 Å². The average molecular weight is 356 g/mol. The molecule has 132 valence electrons. The zero-order chi connectivity index (χ0) is 17.5. The normalized spacial score (nSPS) is 15.7. The molecule has 2 aromatic rings. The molecule has 3 rings (SSSR count). The molecule has 2 aromatic carbocycles. The number of nitrogens with one attached hydrogen (secondary N) is 1. The molecule has 1 saturated heterocycles. The smallest absolute Gasteiger partial charge is 0.410 e. The van der Waals surface area contributed by atoms with Gasteiger partial charge < -0.3 is 10.1 Å². The first-order chi connectivity index (χ1) is 12.2. The van der Waals surface area contributed by atoms with Gasteiger partial charge in [-0.1, -0.05) is 30.3 Å². The molecule has 0 aromatic heterocycles. The van der Waals surface area contributed by atoms with E-state index in [4.69, 9.17) is 4.74 Å². The van der Waals surface area contributed by atoms with Crippen LogP contribution in [-0.4, -0.2) is 36.4 Å². The van der Waals surface area contributed by atoms with Crippen LogP contribution in [0.1, 0.15) is 18.4 Å². The van der Waals surface area contributed by atoms with Crippen molar-refractivity contribution in [2.75, 3.05) is 19.3 Å². The van der Waals surface area contributed by atoms with Crippen LogP contribution in [0.2, 0.25) is 0 Å². The lowest BCUT2D eigenvalue weighted by molar-refractivity contribution is 0.169. The first-order valence-corrected chi connectivity index (χ1v) is 9.84. The first-order valence-electron chi connectivity index (χ1n) is 8.61. The van der Waals surface area contributed by atoms with Crippen LogP contribution in [0, 0.1) is 0 Å². The number of rotatable bonds is 5. The number of benzene rings is 2. The largest absolute Gasteiger partial charge is 0.412 e. The lowest BCUT2D eigenvalue weighted by Gasteiger charge is -2.32. The Balaban J connectivity index is 1.41. The summed E-state index contributed by atoms with van der Waals surface area (Å²) >= 11 is 1.66. The fraction of sp³-hybridized carbons (Fsp3) is 0.350. The first kappa shape index (κ1) is 17.8. The summed E-state index contributed by atoms with van der Waals surface area (Å²) in [6, 6.07) is 18.3. The van der Waals surface area contributed by atoms with Crippen molar-refractivity contribution in [1.29, 1.82) is 0 Å². The van der Waals surface area contributed by atoms with Gasteiger partial charge in [-0.25, -0.2) is 4.79 Å². The average Bonchev–Trinajstić information content (AvgIpc) is 2.65. The highest BCUT2D eigenvalue weighted by molar-refractivity contribution is 7.98. The van der Waals surface area contributed by atoms with Gasteiger partial charge in [-0.3, -0.25) is 4.90 Å². The van der Waals surface area contributed by atoms with Crippen LogP contribution in [0.3, 0.4) is 0 Å². The molecule has 0 bridgehead atoms. The predicted octanol–water partition coefficient (Wildman–Crippen LogP) is 4.16. The third-order valence-corrected chi connectivity index (χ3v) is 5.17. The molecule has 0 spiro atoms. The fourth-order valence-corrected chi connectivity index (χ4v) is 3.43. The number of piperidine rings is 1. The Hall–Kier alpha value is -1.98. The molecule has 1 aliphatic heterocycles. The summed E-state index contributed by atoms with van der Waals surface area (Å²) in [6.07, 6.45) is 3.56. The van der Waals surface area contributed by atoms with E-state index in [9.17, 15) is 4.79 Å².